The summed E-state index contributed by atoms with van der Waals surface area (Å²) in [6, 6.07) is 1.59. The van der Waals surface area contributed by atoms with Crippen LogP contribution in [-0.4, -0.2) is 39.7 Å². The van der Waals surface area contributed by atoms with Crippen molar-refractivity contribution in [1.82, 2.24) is 14.5 Å². The maximum atomic E-state index is 11.0. The van der Waals surface area contributed by atoms with Crippen LogP contribution < -0.4 is 4.90 Å². The number of hydrogen-bond acceptors (Lipinski definition) is 4. The number of fused-ring (bicyclic) bond motifs is 1. The van der Waals surface area contributed by atoms with E-state index in [1.54, 1.807) is 17.7 Å². The maximum Gasteiger partial charge on any atom is 0.352 e. The molecule has 0 aliphatic rings. The second-order valence-electron chi connectivity index (χ2n) is 3.72. The average Bonchev–Trinajstić information content (AvgIpc) is 2.56. The molecule has 2 rings (SSSR count). The van der Waals surface area contributed by atoms with E-state index in [0.717, 1.165) is 5.39 Å². The zero-order chi connectivity index (χ0) is 11.9. The van der Waals surface area contributed by atoms with Crippen LogP contribution in [0, 0.1) is 0 Å². The van der Waals surface area contributed by atoms with E-state index in [1.165, 1.54) is 6.33 Å². The molecule has 0 aliphatic heterocycles. The third kappa shape index (κ3) is 2.03. The summed E-state index contributed by atoms with van der Waals surface area (Å²) in [6.45, 7) is 0. The summed E-state index contributed by atoms with van der Waals surface area (Å²) in [6.07, 6.45) is 1.43. The molecule has 92 valence electrons. The maximum absolute atomic E-state index is 11.0. The third-order valence-electron chi connectivity index (χ3n) is 2.44. The van der Waals surface area contributed by atoms with Crippen LogP contribution in [0.5, 0.6) is 0 Å². The topological polar surface area (TPSA) is 71.2 Å². The lowest BCUT2D eigenvalue weighted by Gasteiger charge is -2.11. The zero-order valence-corrected chi connectivity index (χ0v) is 10.5. The van der Waals surface area contributed by atoms with Gasteiger partial charge in [-0.25, -0.2) is 14.8 Å². The van der Waals surface area contributed by atoms with Crippen LogP contribution >= 0.6 is 12.4 Å². The molecule has 2 aromatic heterocycles. The smallest absolute Gasteiger partial charge is 0.352 e. The highest BCUT2D eigenvalue weighted by Crippen LogP contribution is 2.24. The Balaban J connectivity index is 0.00000144. The number of anilines is 1. The summed E-state index contributed by atoms with van der Waals surface area (Å²) in [4.78, 5) is 21.0. The molecule has 6 nitrogen and oxygen atoms in total. The van der Waals surface area contributed by atoms with E-state index in [0.29, 0.717) is 11.5 Å². The number of halogens is 1. The van der Waals surface area contributed by atoms with Crippen molar-refractivity contribution in [2.24, 2.45) is 7.05 Å². The number of carboxylic acid groups (broad SMARTS) is 1. The van der Waals surface area contributed by atoms with Crippen molar-refractivity contribution in [3.8, 4) is 0 Å². The van der Waals surface area contributed by atoms with Crippen LogP contribution in [0.2, 0.25) is 0 Å². The fraction of sp³-hybridized carbons (Fsp3) is 0.300. The molecule has 0 unspecified atom stereocenters. The first-order chi connectivity index (χ1) is 7.52. The van der Waals surface area contributed by atoms with Crippen molar-refractivity contribution in [1.29, 1.82) is 0 Å². The van der Waals surface area contributed by atoms with Crippen molar-refractivity contribution in [3.05, 3.63) is 18.1 Å². The van der Waals surface area contributed by atoms with E-state index in [2.05, 4.69) is 9.97 Å². The Labute approximate surface area is 104 Å². The molecule has 0 aliphatic carbocycles. The summed E-state index contributed by atoms with van der Waals surface area (Å²) < 4.78 is 1.55. The summed E-state index contributed by atoms with van der Waals surface area (Å²) in [5.41, 5.74) is 0.828. The lowest BCUT2D eigenvalue weighted by Crippen LogP contribution is -2.11. The number of hydrogen-bond donors (Lipinski definition) is 1. The molecule has 0 aromatic carbocycles. The molecule has 2 aromatic rings. The van der Waals surface area contributed by atoms with Crippen molar-refractivity contribution in [2.45, 2.75) is 0 Å². The Morgan fingerprint density at radius 3 is 2.59 bits per heavy atom. The first-order valence-corrected chi connectivity index (χ1v) is 4.73. The van der Waals surface area contributed by atoms with Gasteiger partial charge in [-0.1, -0.05) is 0 Å². The first kappa shape index (κ1) is 13.2. The average molecular weight is 257 g/mol. The lowest BCUT2D eigenvalue weighted by molar-refractivity contribution is 0.0687. The Bertz CT molecular complexity index is 565. The van der Waals surface area contributed by atoms with Gasteiger partial charge in [0.15, 0.2) is 0 Å². The summed E-state index contributed by atoms with van der Waals surface area (Å²) in [7, 11) is 5.39. The minimum atomic E-state index is -0.967. The SMILES string of the molecule is CN(C)c1ncnc2c1cc(C(=O)O)n2C.Cl. The molecule has 1 N–H and O–H groups in total. The second kappa shape index (κ2) is 4.58. The molecule has 0 amide bonds. The molecular weight excluding hydrogens is 244 g/mol. The number of aromatic nitrogens is 3. The van der Waals surface area contributed by atoms with E-state index in [9.17, 15) is 4.79 Å². The standard InChI is InChI=1S/C10H12N4O2.ClH/c1-13(2)8-6-4-7(10(15)16)14(3)9(6)12-5-11-8;/h4-5H,1-3H3,(H,15,16);1H. The number of rotatable bonds is 2. The van der Waals surface area contributed by atoms with Gasteiger partial charge in [-0.05, 0) is 6.07 Å². The lowest BCUT2D eigenvalue weighted by atomic mass is 10.3. The fourth-order valence-corrected chi connectivity index (χ4v) is 1.68. The molecule has 0 saturated carbocycles. The van der Waals surface area contributed by atoms with Crippen LogP contribution in [-0.2, 0) is 7.05 Å². The van der Waals surface area contributed by atoms with Crippen molar-refractivity contribution in [2.75, 3.05) is 19.0 Å². The van der Waals surface area contributed by atoms with Crippen molar-refractivity contribution in [3.63, 3.8) is 0 Å². The normalized spacial score (nSPS) is 10.1. The highest BCUT2D eigenvalue weighted by molar-refractivity contribution is 5.97. The van der Waals surface area contributed by atoms with Gasteiger partial charge in [0, 0.05) is 21.1 Å². The number of carbonyl (C=O) groups is 1. The second-order valence-corrected chi connectivity index (χ2v) is 3.72. The molecule has 0 atom stereocenters. The molecule has 0 bridgehead atoms. The van der Waals surface area contributed by atoms with Gasteiger partial charge in [0.25, 0.3) is 0 Å². The van der Waals surface area contributed by atoms with E-state index in [-0.39, 0.29) is 18.1 Å². The molecule has 0 radical (unpaired) electrons. The van der Waals surface area contributed by atoms with E-state index >= 15 is 0 Å². The van der Waals surface area contributed by atoms with Crippen molar-refractivity contribution >= 4 is 35.2 Å². The molecule has 17 heavy (non-hydrogen) atoms. The predicted molar refractivity (Wildman–Crippen MR) is 67.0 cm³/mol. The highest BCUT2D eigenvalue weighted by Gasteiger charge is 2.16. The number of aromatic carboxylic acids is 1. The van der Waals surface area contributed by atoms with Gasteiger partial charge in [-0.2, -0.15) is 0 Å². The molecule has 7 heteroatoms. The van der Waals surface area contributed by atoms with E-state index in [4.69, 9.17) is 5.11 Å². The quantitative estimate of drug-likeness (QED) is 0.873. The molecule has 0 fully saturated rings. The summed E-state index contributed by atoms with van der Waals surface area (Å²) in [5.74, 6) is -0.252. The largest absolute Gasteiger partial charge is 0.477 e. The zero-order valence-electron chi connectivity index (χ0n) is 9.71. The number of nitrogens with zero attached hydrogens (tertiary/aromatic N) is 4. The van der Waals surface area contributed by atoms with Gasteiger partial charge in [0.2, 0.25) is 0 Å². The summed E-state index contributed by atoms with van der Waals surface area (Å²) >= 11 is 0. The van der Waals surface area contributed by atoms with Gasteiger partial charge in [-0.3, -0.25) is 0 Å². The Morgan fingerprint density at radius 1 is 1.41 bits per heavy atom. The number of carboxylic acids is 1. The van der Waals surface area contributed by atoms with Gasteiger partial charge >= 0.3 is 5.97 Å². The first-order valence-electron chi connectivity index (χ1n) is 4.73. The minimum Gasteiger partial charge on any atom is -0.477 e. The van der Waals surface area contributed by atoms with Gasteiger partial charge in [0.05, 0.1) is 5.39 Å². The van der Waals surface area contributed by atoms with E-state index < -0.39 is 5.97 Å². The van der Waals surface area contributed by atoms with Crippen LogP contribution in [0.4, 0.5) is 5.82 Å². The van der Waals surface area contributed by atoms with Gasteiger partial charge in [-0.15, -0.1) is 12.4 Å². The third-order valence-corrected chi connectivity index (χ3v) is 2.44. The molecule has 2 heterocycles. The van der Waals surface area contributed by atoms with Crippen LogP contribution in [0.15, 0.2) is 12.4 Å². The highest BCUT2D eigenvalue weighted by atomic mass is 35.5. The molecule has 0 spiro atoms. The Morgan fingerprint density at radius 2 is 2.06 bits per heavy atom. The fourth-order valence-electron chi connectivity index (χ4n) is 1.68. The van der Waals surface area contributed by atoms with Crippen LogP contribution in [0.1, 0.15) is 10.5 Å². The van der Waals surface area contributed by atoms with Crippen molar-refractivity contribution < 1.29 is 9.90 Å². The van der Waals surface area contributed by atoms with Crippen LogP contribution in [0.3, 0.4) is 0 Å². The summed E-state index contributed by atoms with van der Waals surface area (Å²) in [5, 5.41) is 9.76. The van der Waals surface area contributed by atoms with Gasteiger partial charge in [0.1, 0.15) is 23.5 Å². The minimum absolute atomic E-state index is 0. The molecule has 0 saturated heterocycles. The predicted octanol–water partition coefficient (Wildman–Crippen LogP) is 1.15. The van der Waals surface area contributed by atoms with E-state index in [1.807, 2.05) is 19.0 Å². The monoisotopic (exact) mass is 256 g/mol. The van der Waals surface area contributed by atoms with Gasteiger partial charge < -0.3 is 14.6 Å². The molecular formula is C10H13ClN4O2. The number of aryl methyl sites for hydroxylation is 1. The van der Waals surface area contributed by atoms with Crippen LogP contribution in [0.25, 0.3) is 11.0 Å². The Kier molecular flexibility index (Phi) is 3.57. The Hall–Kier alpha value is -1.82.